The Morgan fingerprint density at radius 1 is 0.850 bits per heavy atom. The number of hydrogen-bond acceptors (Lipinski definition) is 6. The van der Waals surface area contributed by atoms with Crippen LogP contribution in [0.3, 0.4) is 0 Å². The lowest BCUT2D eigenvalue weighted by molar-refractivity contribution is -0.243. The van der Waals surface area contributed by atoms with Gasteiger partial charge in [0.1, 0.15) is 36.6 Å². The van der Waals surface area contributed by atoms with E-state index in [-0.39, 0.29) is 6.61 Å². The minimum absolute atomic E-state index is 0.206. The van der Waals surface area contributed by atoms with Crippen molar-refractivity contribution < 1.29 is 29.9 Å². The standard InChI is InChI=1S/C14H20O6/c1-19-13-11(17)9(15)10(16)12(18)14(13)20-7-8-5-3-2-4-6-8/h2-6,9-18H,7H2,1H3/t9-,10+,11+,12-,13-,14+/m0/s1. The molecule has 6 atom stereocenters. The first kappa shape index (κ1) is 15.4. The maximum atomic E-state index is 9.98. The highest BCUT2D eigenvalue weighted by molar-refractivity contribution is 5.13. The Labute approximate surface area is 117 Å². The first-order chi connectivity index (χ1) is 9.56. The summed E-state index contributed by atoms with van der Waals surface area (Å²) in [5.74, 6) is 0. The van der Waals surface area contributed by atoms with Crippen molar-refractivity contribution >= 4 is 0 Å². The van der Waals surface area contributed by atoms with Crippen LogP contribution in [0.5, 0.6) is 0 Å². The van der Waals surface area contributed by atoms with Gasteiger partial charge >= 0.3 is 0 Å². The van der Waals surface area contributed by atoms with Crippen LogP contribution < -0.4 is 0 Å². The molecule has 0 saturated heterocycles. The minimum atomic E-state index is -1.47. The van der Waals surface area contributed by atoms with Crippen molar-refractivity contribution in [1.82, 2.24) is 0 Å². The number of rotatable bonds is 4. The number of aliphatic hydroxyl groups is 4. The summed E-state index contributed by atoms with van der Waals surface area (Å²) >= 11 is 0. The van der Waals surface area contributed by atoms with Gasteiger partial charge in [-0.25, -0.2) is 0 Å². The summed E-state index contributed by atoms with van der Waals surface area (Å²) in [4.78, 5) is 0. The highest BCUT2D eigenvalue weighted by atomic mass is 16.6. The summed E-state index contributed by atoms with van der Waals surface area (Å²) in [7, 11) is 1.35. The van der Waals surface area contributed by atoms with Gasteiger partial charge < -0.3 is 29.9 Å². The first-order valence-electron chi connectivity index (χ1n) is 6.47. The molecule has 0 heterocycles. The zero-order valence-corrected chi connectivity index (χ0v) is 11.2. The second-order valence-electron chi connectivity index (χ2n) is 4.92. The molecule has 6 nitrogen and oxygen atoms in total. The summed E-state index contributed by atoms with van der Waals surface area (Å²) in [5, 5.41) is 39.2. The third-order valence-electron chi connectivity index (χ3n) is 3.60. The van der Waals surface area contributed by atoms with E-state index in [4.69, 9.17) is 9.47 Å². The van der Waals surface area contributed by atoms with Crippen molar-refractivity contribution in [2.24, 2.45) is 0 Å². The van der Waals surface area contributed by atoms with Crippen LogP contribution in [0.25, 0.3) is 0 Å². The molecule has 1 saturated carbocycles. The van der Waals surface area contributed by atoms with E-state index < -0.39 is 36.6 Å². The third kappa shape index (κ3) is 3.01. The summed E-state index contributed by atoms with van der Waals surface area (Å²) < 4.78 is 10.7. The number of aliphatic hydroxyl groups excluding tert-OH is 4. The first-order valence-corrected chi connectivity index (χ1v) is 6.47. The van der Waals surface area contributed by atoms with Gasteiger partial charge in [0.25, 0.3) is 0 Å². The molecule has 1 aromatic rings. The van der Waals surface area contributed by atoms with E-state index in [1.54, 1.807) is 0 Å². The van der Waals surface area contributed by atoms with E-state index in [0.717, 1.165) is 5.56 Å². The average Bonchev–Trinajstić information content (AvgIpc) is 2.48. The van der Waals surface area contributed by atoms with Crippen molar-refractivity contribution in [3.63, 3.8) is 0 Å². The largest absolute Gasteiger partial charge is 0.387 e. The third-order valence-corrected chi connectivity index (χ3v) is 3.60. The Hall–Kier alpha value is -1.02. The molecule has 0 radical (unpaired) electrons. The van der Waals surface area contributed by atoms with Crippen molar-refractivity contribution in [2.45, 2.75) is 43.2 Å². The second-order valence-corrected chi connectivity index (χ2v) is 4.92. The smallest absolute Gasteiger partial charge is 0.115 e. The molecule has 1 aliphatic carbocycles. The normalized spacial score (nSPS) is 37.9. The lowest BCUT2D eigenvalue weighted by Gasteiger charge is -2.43. The van der Waals surface area contributed by atoms with Gasteiger partial charge in [-0.2, -0.15) is 0 Å². The molecular weight excluding hydrogens is 264 g/mol. The quantitative estimate of drug-likeness (QED) is 0.568. The molecule has 6 heteroatoms. The monoisotopic (exact) mass is 284 g/mol. The topological polar surface area (TPSA) is 99.4 Å². The molecule has 0 bridgehead atoms. The molecule has 0 unspecified atom stereocenters. The number of benzene rings is 1. The van der Waals surface area contributed by atoms with Gasteiger partial charge in [-0.1, -0.05) is 30.3 Å². The SMILES string of the molecule is CO[C@H]1[C@H](O)[C@@H](O)[C@@H](O)[C@H](O)[C@H]1OCc1ccccc1. The van der Waals surface area contributed by atoms with Crippen LogP contribution in [0.4, 0.5) is 0 Å². The van der Waals surface area contributed by atoms with Crippen LogP contribution in [0.2, 0.25) is 0 Å². The van der Waals surface area contributed by atoms with Crippen molar-refractivity contribution in [1.29, 1.82) is 0 Å². The van der Waals surface area contributed by atoms with Crippen molar-refractivity contribution in [2.75, 3.05) is 7.11 Å². The van der Waals surface area contributed by atoms with E-state index in [0.29, 0.717) is 0 Å². The maximum Gasteiger partial charge on any atom is 0.115 e. The second kappa shape index (κ2) is 6.62. The van der Waals surface area contributed by atoms with Crippen LogP contribution in [0, 0.1) is 0 Å². The molecule has 2 rings (SSSR count). The Kier molecular flexibility index (Phi) is 5.09. The summed E-state index contributed by atoms with van der Waals surface area (Å²) in [6.45, 7) is 0.206. The number of ether oxygens (including phenoxy) is 2. The fraction of sp³-hybridized carbons (Fsp3) is 0.571. The molecule has 1 aromatic carbocycles. The lowest BCUT2D eigenvalue weighted by atomic mass is 9.84. The molecule has 112 valence electrons. The van der Waals surface area contributed by atoms with E-state index in [1.807, 2.05) is 30.3 Å². The summed E-state index contributed by atoms with van der Waals surface area (Å²) in [6.07, 6.45) is -7.43. The van der Waals surface area contributed by atoms with Crippen molar-refractivity contribution in [3.8, 4) is 0 Å². The van der Waals surface area contributed by atoms with Gasteiger partial charge in [-0.15, -0.1) is 0 Å². The Bertz CT molecular complexity index is 411. The van der Waals surface area contributed by atoms with Crippen LogP contribution in [0.1, 0.15) is 5.56 Å². The zero-order chi connectivity index (χ0) is 14.7. The number of hydrogen-bond donors (Lipinski definition) is 4. The predicted octanol–water partition coefficient (Wildman–Crippen LogP) is -0.956. The molecule has 0 aromatic heterocycles. The highest BCUT2D eigenvalue weighted by Gasteiger charge is 2.49. The zero-order valence-electron chi connectivity index (χ0n) is 11.2. The maximum absolute atomic E-state index is 9.98. The van der Waals surface area contributed by atoms with E-state index in [9.17, 15) is 20.4 Å². The van der Waals surface area contributed by atoms with E-state index >= 15 is 0 Å². The number of methoxy groups -OCH3 is 1. The fourth-order valence-electron chi connectivity index (χ4n) is 2.42. The molecule has 1 fully saturated rings. The van der Waals surface area contributed by atoms with Gasteiger partial charge in [-0.05, 0) is 5.56 Å². The fourth-order valence-corrected chi connectivity index (χ4v) is 2.42. The Balaban J connectivity index is 2.07. The van der Waals surface area contributed by atoms with Gasteiger partial charge in [0.2, 0.25) is 0 Å². The molecule has 0 amide bonds. The average molecular weight is 284 g/mol. The minimum Gasteiger partial charge on any atom is -0.387 e. The van der Waals surface area contributed by atoms with Crippen LogP contribution >= 0.6 is 0 Å². The Morgan fingerprint density at radius 2 is 1.40 bits per heavy atom. The van der Waals surface area contributed by atoms with Crippen molar-refractivity contribution in [3.05, 3.63) is 35.9 Å². The van der Waals surface area contributed by atoms with Crippen LogP contribution in [-0.2, 0) is 16.1 Å². The van der Waals surface area contributed by atoms with Gasteiger partial charge in [-0.3, -0.25) is 0 Å². The van der Waals surface area contributed by atoms with Crippen LogP contribution in [-0.4, -0.2) is 64.2 Å². The van der Waals surface area contributed by atoms with Gasteiger partial charge in [0.15, 0.2) is 0 Å². The predicted molar refractivity (Wildman–Crippen MR) is 69.8 cm³/mol. The van der Waals surface area contributed by atoms with E-state index in [1.165, 1.54) is 7.11 Å². The van der Waals surface area contributed by atoms with E-state index in [2.05, 4.69) is 0 Å². The van der Waals surface area contributed by atoms with Gasteiger partial charge in [0.05, 0.1) is 6.61 Å². The summed E-state index contributed by atoms with van der Waals surface area (Å²) in [6, 6.07) is 9.31. The molecule has 0 aliphatic heterocycles. The molecule has 4 N–H and O–H groups in total. The highest BCUT2D eigenvalue weighted by Crippen LogP contribution is 2.26. The summed E-state index contributed by atoms with van der Waals surface area (Å²) in [5.41, 5.74) is 0.893. The Morgan fingerprint density at radius 3 is 1.95 bits per heavy atom. The molecule has 0 spiro atoms. The molecular formula is C14H20O6. The van der Waals surface area contributed by atoms with Gasteiger partial charge in [0, 0.05) is 7.11 Å². The van der Waals surface area contributed by atoms with Crippen LogP contribution in [0.15, 0.2) is 30.3 Å². The molecule has 1 aliphatic rings. The lowest BCUT2D eigenvalue weighted by Crippen LogP contribution is -2.64. The molecule has 20 heavy (non-hydrogen) atoms.